The molecule has 2 N–H and O–H groups in total. The first-order valence-electron chi connectivity index (χ1n) is 5.35. The molecule has 1 aromatic carbocycles. The van der Waals surface area contributed by atoms with E-state index in [9.17, 15) is 4.39 Å². The van der Waals surface area contributed by atoms with Gasteiger partial charge in [0.1, 0.15) is 11.6 Å². The molecule has 1 aliphatic rings. The molecule has 2 nitrogen and oxygen atoms in total. The number of hydrogen-bond donors (Lipinski definition) is 1. The number of rotatable bonds is 4. The third-order valence-corrected chi connectivity index (χ3v) is 2.64. The molecular formula is C12H16FNO. The Morgan fingerprint density at radius 1 is 1.53 bits per heavy atom. The zero-order chi connectivity index (χ0) is 10.8. The van der Waals surface area contributed by atoms with Crippen LogP contribution in [0.25, 0.3) is 0 Å². The van der Waals surface area contributed by atoms with Crippen molar-refractivity contribution in [1.82, 2.24) is 0 Å². The topological polar surface area (TPSA) is 35.2 Å². The average Bonchev–Trinajstić information content (AvgIpc) is 2.97. The van der Waals surface area contributed by atoms with Crippen molar-refractivity contribution < 1.29 is 9.13 Å². The van der Waals surface area contributed by atoms with Crippen molar-refractivity contribution in [3.8, 4) is 5.75 Å². The van der Waals surface area contributed by atoms with Gasteiger partial charge in [-0.15, -0.1) is 0 Å². The standard InChI is InChI=1S/C12H16FNO/c1-8(14)12-10(13)3-2-4-11(12)15-7-9-5-6-9/h2-4,8-9H,5-7,14H2,1H3/t8-/m0/s1. The molecule has 1 atom stereocenters. The molecule has 0 unspecified atom stereocenters. The second-order valence-electron chi connectivity index (χ2n) is 4.19. The van der Waals surface area contributed by atoms with Crippen LogP contribution in [0.5, 0.6) is 5.75 Å². The Balaban J connectivity index is 2.15. The van der Waals surface area contributed by atoms with Crippen molar-refractivity contribution in [3.63, 3.8) is 0 Å². The maximum atomic E-state index is 13.5. The summed E-state index contributed by atoms with van der Waals surface area (Å²) in [5.41, 5.74) is 6.20. The fourth-order valence-electron chi connectivity index (χ4n) is 1.58. The maximum Gasteiger partial charge on any atom is 0.131 e. The van der Waals surface area contributed by atoms with Gasteiger partial charge >= 0.3 is 0 Å². The molecular weight excluding hydrogens is 193 g/mol. The summed E-state index contributed by atoms with van der Waals surface area (Å²) in [5, 5.41) is 0. The van der Waals surface area contributed by atoms with Crippen LogP contribution in [0.4, 0.5) is 4.39 Å². The number of ether oxygens (including phenoxy) is 1. The average molecular weight is 209 g/mol. The predicted octanol–water partition coefficient (Wildman–Crippen LogP) is 2.63. The van der Waals surface area contributed by atoms with Gasteiger partial charge in [-0.05, 0) is 37.8 Å². The van der Waals surface area contributed by atoms with E-state index in [-0.39, 0.29) is 11.9 Å². The summed E-state index contributed by atoms with van der Waals surface area (Å²) in [4.78, 5) is 0. The zero-order valence-electron chi connectivity index (χ0n) is 8.87. The molecule has 0 radical (unpaired) electrons. The Hall–Kier alpha value is -1.09. The quantitative estimate of drug-likeness (QED) is 0.827. The van der Waals surface area contributed by atoms with Gasteiger partial charge in [0.15, 0.2) is 0 Å². The monoisotopic (exact) mass is 209 g/mol. The minimum absolute atomic E-state index is 0.279. The highest BCUT2D eigenvalue weighted by Crippen LogP contribution is 2.32. The third-order valence-electron chi connectivity index (χ3n) is 2.64. The van der Waals surface area contributed by atoms with Crippen LogP contribution < -0.4 is 10.5 Å². The molecule has 1 fully saturated rings. The summed E-state index contributed by atoms with van der Waals surface area (Å²) in [6.07, 6.45) is 2.45. The summed E-state index contributed by atoms with van der Waals surface area (Å²) in [5.74, 6) is 0.976. The highest BCUT2D eigenvalue weighted by molar-refractivity contribution is 5.36. The van der Waals surface area contributed by atoms with Crippen LogP contribution in [0, 0.1) is 11.7 Å². The Bertz CT molecular complexity index is 347. The van der Waals surface area contributed by atoms with Crippen LogP contribution in [0.2, 0.25) is 0 Å². The van der Waals surface area contributed by atoms with Gasteiger partial charge in [0.25, 0.3) is 0 Å². The van der Waals surface area contributed by atoms with Gasteiger partial charge in [-0.25, -0.2) is 4.39 Å². The number of hydrogen-bond acceptors (Lipinski definition) is 2. The van der Waals surface area contributed by atoms with Crippen LogP contribution in [0.3, 0.4) is 0 Å². The van der Waals surface area contributed by atoms with E-state index >= 15 is 0 Å². The number of nitrogens with two attached hydrogens (primary N) is 1. The fourth-order valence-corrected chi connectivity index (χ4v) is 1.58. The molecule has 1 saturated carbocycles. The van der Waals surface area contributed by atoms with E-state index in [4.69, 9.17) is 10.5 Å². The normalized spacial score (nSPS) is 17.5. The lowest BCUT2D eigenvalue weighted by Crippen LogP contribution is -2.11. The maximum absolute atomic E-state index is 13.5. The second-order valence-corrected chi connectivity index (χ2v) is 4.19. The Morgan fingerprint density at radius 3 is 2.87 bits per heavy atom. The van der Waals surface area contributed by atoms with Crippen LogP contribution in [-0.4, -0.2) is 6.61 Å². The van der Waals surface area contributed by atoms with Crippen molar-refractivity contribution in [2.45, 2.75) is 25.8 Å². The third kappa shape index (κ3) is 2.48. The molecule has 0 heterocycles. The summed E-state index contributed by atoms with van der Waals surface area (Å²) >= 11 is 0. The molecule has 1 aromatic rings. The lowest BCUT2D eigenvalue weighted by atomic mass is 10.1. The molecule has 0 amide bonds. The Kier molecular flexibility index (Phi) is 2.91. The van der Waals surface area contributed by atoms with Crippen molar-refractivity contribution in [2.24, 2.45) is 11.7 Å². The summed E-state index contributed by atoms with van der Waals surface area (Å²) in [6.45, 7) is 2.45. The predicted molar refractivity (Wildman–Crippen MR) is 57.2 cm³/mol. The second kappa shape index (κ2) is 4.19. The lowest BCUT2D eigenvalue weighted by molar-refractivity contribution is 0.293. The molecule has 1 aliphatic carbocycles. The van der Waals surface area contributed by atoms with E-state index in [1.165, 1.54) is 18.9 Å². The van der Waals surface area contributed by atoms with Crippen LogP contribution in [-0.2, 0) is 0 Å². The Morgan fingerprint density at radius 2 is 2.27 bits per heavy atom. The smallest absolute Gasteiger partial charge is 0.131 e. The van der Waals surface area contributed by atoms with Crippen molar-refractivity contribution in [3.05, 3.63) is 29.6 Å². The number of benzene rings is 1. The van der Waals surface area contributed by atoms with Gasteiger partial charge in [-0.1, -0.05) is 6.07 Å². The molecule has 15 heavy (non-hydrogen) atoms. The highest BCUT2D eigenvalue weighted by Gasteiger charge is 2.23. The van der Waals surface area contributed by atoms with Gasteiger partial charge < -0.3 is 10.5 Å². The first-order valence-corrected chi connectivity index (χ1v) is 5.35. The zero-order valence-corrected chi connectivity index (χ0v) is 8.87. The minimum Gasteiger partial charge on any atom is -0.493 e. The van der Waals surface area contributed by atoms with Gasteiger partial charge in [0.05, 0.1) is 6.61 Å². The van der Waals surface area contributed by atoms with Crippen LogP contribution >= 0.6 is 0 Å². The van der Waals surface area contributed by atoms with Crippen molar-refractivity contribution in [1.29, 1.82) is 0 Å². The van der Waals surface area contributed by atoms with Crippen molar-refractivity contribution >= 4 is 0 Å². The van der Waals surface area contributed by atoms with Gasteiger partial charge in [-0.2, -0.15) is 0 Å². The molecule has 0 spiro atoms. The van der Waals surface area contributed by atoms with E-state index < -0.39 is 0 Å². The molecule has 82 valence electrons. The van der Waals surface area contributed by atoms with Gasteiger partial charge in [-0.3, -0.25) is 0 Å². The molecule has 3 heteroatoms. The molecule has 0 aromatic heterocycles. The molecule has 0 saturated heterocycles. The van der Waals surface area contributed by atoms with E-state index in [0.717, 1.165) is 0 Å². The fraction of sp³-hybridized carbons (Fsp3) is 0.500. The summed E-state index contributed by atoms with van der Waals surface area (Å²) in [6, 6.07) is 4.52. The first kappa shape index (κ1) is 10.4. The van der Waals surface area contributed by atoms with Crippen LogP contribution in [0.15, 0.2) is 18.2 Å². The van der Waals surface area contributed by atoms with Crippen molar-refractivity contribution in [2.75, 3.05) is 6.61 Å². The minimum atomic E-state index is -0.333. The van der Waals surface area contributed by atoms with E-state index in [0.29, 0.717) is 23.8 Å². The summed E-state index contributed by atoms with van der Waals surface area (Å²) < 4.78 is 19.1. The summed E-state index contributed by atoms with van der Waals surface area (Å²) in [7, 11) is 0. The highest BCUT2D eigenvalue weighted by atomic mass is 19.1. The molecule has 0 aliphatic heterocycles. The lowest BCUT2D eigenvalue weighted by Gasteiger charge is -2.14. The van der Waals surface area contributed by atoms with Gasteiger partial charge in [0.2, 0.25) is 0 Å². The van der Waals surface area contributed by atoms with Gasteiger partial charge in [0, 0.05) is 11.6 Å². The van der Waals surface area contributed by atoms with Crippen LogP contribution in [0.1, 0.15) is 31.4 Å². The number of halogens is 1. The molecule has 0 bridgehead atoms. The molecule has 2 rings (SSSR count). The van der Waals surface area contributed by atoms with E-state index in [2.05, 4.69) is 0 Å². The van der Waals surface area contributed by atoms with E-state index in [1.807, 2.05) is 0 Å². The SMILES string of the molecule is C[C@H](N)c1c(F)cccc1OCC1CC1. The first-order chi connectivity index (χ1) is 7.18. The largest absolute Gasteiger partial charge is 0.493 e. The Labute approximate surface area is 89.2 Å². The van der Waals surface area contributed by atoms with E-state index in [1.54, 1.807) is 19.1 Å².